The molecule has 0 aliphatic carbocycles. The average molecular weight is 180 g/mol. The van der Waals surface area contributed by atoms with E-state index in [1.807, 2.05) is 13.8 Å². The van der Waals surface area contributed by atoms with Gasteiger partial charge in [-0.25, -0.2) is 5.43 Å². The summed E-state index contributed by atoms with van der Waals surface area (Å²) in [5, 5.41) is 3.86. The van der Waals surface area contributed by atoms with E-state index in [-0.39, 0.29) is 11.7 Å². The van der Waals surface area contributed by atoms with Gasteiger partial charge in [-0.2, -0.15) is 5.10 Å². The fourth-order valence-electron chi connectivity index (χ4n) is 0.688. The fourth-order valence-corrected chi connectivity index (χ4v) is 0.688. The Morgan fingerprint density at radius 2 is 2.46 bits per heavy atom. The van der Waals surface area contributed by atoms with Crippen LogP contribution >= 0.6 is 0 Å². The lowest BCUT2D eigenvalue weighted by molar-refractivity contribution is 0.0927. The Morgan fingerprint density at radius 3 is 3.00 bits per heavy atom. The van der Waals surface area contributed by atoms with Crippen molar-refractivity contribution in [1.82, 2.24) is 5.43 Å². The number of nitrogens with zero attached hydrogens (tertiary/aromatic N) is 1. The van der Waals surface area contributed by atoms with Crippen molar-refractivity contribution in [3.8, 4) is 0 Å². The van der Waals surface area contributed by atoms with Crippen molar-refractivity contribution in [1.29, 1.82) is 0 Å². The van der Waals surface area contributed by atoms with E-state index in [4.69, 9.17) is 4.42 Å². The van der Waals surface area contributed by atoms with Crippen molar-refractivity contribution in [2.75, 3.05) is 0 Å². The standard InChI is InChI=1S/C9H12N2O2/c1-3-7(2)10-11-9(12)8-5-4-6-13-8/h4-6H,3H2,1-2H3,(H,11,12)/b10-7-. The Hall–Kier alpha value is -1.58. The summed E-state index contributed by atoms with van der Waals surface area (Å²) in [6, 6.07) is 3.25. The van der Waals surface area contributed by atoms with Crippen LogP contribution in [0.5, 0.6) is 0 Å². The highest BCUT2D eigenvalue weighted by molar-refractivity contribution is 5.92. The summed E-state index contributed by atoms with van der Waals surface area (Å²) in [6.07, 6.45) is 2.27. The number of hydrogen-bond donors (Lipinski definition) is 1. The fraction of sp³-hybridized carbons (Fsp3) is 0.333. The quantitative estimate of drug-likeness (QED) is 0.569. The molecule has 0 atom stereocenters. The van der Waals surface area contributed by atoms with Crippen molar-refractivity contribution >= 4 is 11.6 Å². The van der Waals surface area contributed by atoms with Crippen LogP contribution in [0.25, 0.3) is 0 Å². The summed E-state index contributed by atoms with van der Waals surface area (Å²) in [5.41, 5.74) is 3.27. The highest BCUT2D eigenvalue weighted by Gasteiger charge is 2.05. The number of furan rings is 1. The summed E-state index contributed by atoms with van der Waals surface area (Å²) in [7, 11) is 0. The normalized spacial score (nSPS) is 11.4. The third-order valence-corrected chi connectivity index (χ3v) is 1.60. The molecule has 0 saturated carbocycles. The zero-order chi connectivity index (χ0) is 9.68. The number of rotatable bonds is 3. The molecule has 1 N–H and O–H groups in total. The van der Waals surface area contributed by atoms with Gasteiger partial charge in [0.2, 0.25) is 0 Å². The second kappa shape index (κ2) is 4.45. The van der Waals surface area contributed by atoms with Crippen molar-refractivity contribution in [3.05, 3.63) is 24.2 Å². The van der Waals surface area contributed by atoms with Gasteiger partial charge in [0, 0.05) is 5.71 Å². The third kappa shape index (κ3) is 2.74. The van der Waals surface area contributed by atoms with Gasteiger partial charge >= 0.3 is 5.91 Å². The molecular formula is C9H12N2O2. The Morgan fingerprint density at radius 1 is 1.69 bits per heavy atom. The van der Waals surface area contributed by atoms with Crippen molar-refractivity contribution in [3.63, 3.8) is 0 Å². The summed E-state index contributed by atoms with van der Waals surface area (Å²) >= 11 is 0. The molecule has 1 amide bonds. The van der Waals surface area contributed by atoms with E-state index in [1.54, 1.807) is 12.1 Å². The molecular weight excluding hydrogens is 168 g/mol. The van der Waals surface area contributed by atoms with Gasteiger partial charge in [0.15, 0.2) is 5.76 Å². The minimum atomic E-state index is -0.321. The van der Waals surface area contributed by atoms with Gasteiger partial charge in [0.1, 0.15) is 0 Å². The Balaban J connectivity index is 2.52. The molecule has 70 valence electrons. The van der Waals surface area contributed by atoms with E-state index in [9.17, 15) is 4.79 Å². The maximum atomic E-state index is 11.2. The molecule has 0 unspecified atom stereocenters. The van der Waals surface area contributed by atoms with E-state index < -0.39 is 0 Å². The molecule has 0 aliphatic heterocycles. The van der Waals surface area contributed by atoms with Gasteiger partial charge in [-0.3, -0.25) is 4.79 Å². The smallest absolute Gasteiger partial charge is 0.307 e. The molecule has 1 aromatic heterocycles. The lowest BCUT2D eigenvalue weighted by Gasteiger charge is -1.96. The average Bonchev–Trinajstić information content (AvgIpc) is 2.66. The van der Waals surface area contributed by atoms with Crippen LogP contribution in [0, 0.1) is 0 Å². The van der Waals surface area contributed by atoms with Gasteiger partial charge in [-0.1, -0.05) is 6.92 Å². The highest BCUT2D eigenvalue weighted by atomic mass is 16.3. The molecule has 0 saturated heterocycles. The number of nitrogens with one attached hydrogen (secondary N) is 1. The minimum Gasteiger partial charge on any atom is -0.459 e. The molecule has 4 heteroatoms. The van der Waals surface area contributed by atoms with Crippen molar-refractivity contribution in [2.24, 2.45) is 5.10 Å². The van der Waals surface area contributed by atoms with Gasteiger partial charge in [0.25, 0.3) is 0 Å². The largest absolute Gasteiger partial charge is 0.459 e. The van der Waals surface area contributed by atoms with Crippen molar-refractivity contribution in [2.45, 2.75) is 20.3 Å². The molecule has 0 spiro atoms. The number of amides is 1. The maximum absolute atomic E-state index is 11.2. The maximum Gasteiger partial charge on any atom is 0.307 e. The van der Waals surface area contributed by atoms with Crippen LogP contribution in [0.1, 0.15) is 30.8 Å². The molecule has 1 rings (SSSR count). The van der Waals surface area contributed by atoms with Crippen LogP contribution in [0.4, 0.5) is 0 Å². The van der Waals surface area contributed by atoms with Crippen LogP contribution in [0.3, 0.4) is 0 Å². The van der Waals surface area contributed by atoms with E-state index in [0.29, 0.717) is 0 Å². The van der Waals surface area contributed by atoms with Gasteiger partial charge in [0.05, 0.1) is 6.26 Å². The number of carbonyl (C=O) groups is 1. The first kappa shape index (κ1) is 9.51. The second-order valence-corrected chi connectivity index (χ2v) is 2.62. The van der Waals surface area contributed by atoms with Gasteiger partial charge in [-0.15, -0.1) is 0 Å². The first-order valence-corrected chi connectivity index (χ1v) is 4.11. The van der Waals surface area contributed by atoms with Gasteiger partial charge in [-0.05, 0) is 25.5 Å². The molecule has 0 fully saturated rings. The van der Waals surface area contributed by atoms with Crippen LogP contribution < -0.4 is 5.43 Å². The lowest BCUT2D eigenvalue weighted by Crippen LogP contribution is -2.18. The Kier molecular flexibility index (Phi) is 3.25. The molecule has 0 radical (unpaired) electrons. The summed E-state index contributed by atoms with van der Waals surface area (Å²) in [4.78, 5) is 11.2. The topological polar surface area (TPSA) is 54.6 Å². The van der Waals surface area contributed by atoms with Crippen LogP contribution in [-0.4, -0.2) is 11.6 Å². The summed E-state index contributed by atoms with van der Waals surface area (Å²) < 4.78 is 4.88. The molecule has 4 nitrogen and oxygen atoms in total. The van der Waals surface area contributed by atoms with E-state index in [2.05, 4.69) is 10.5 Å². The molecule has 0 aromatic carbocycles. The van der Waals surface area contributed by atoms with Crippen LogP contribution in [-0.2, 0) is 0 Å². The molecule has 1 heterocycles. The summed E-state index contributed by atoms with van der Waals surface area (Å²) in [5.74, 6) is -0.0505. The third-order valence-electron chi connectivity index (χ3n) is 1.60. The first-order chi connectivity index (χ1) is 6.24. The number of carbonyl (C=O) groups excluding carboxylic acids is 1. The first-order valence-electron chi connectivity index (χ1n) is 4.11. The number of hydrazone groups is 1. The molecule has 13 heavy (non-hydrogen) atoms. The Labute approximate surface area is 76.6 Å². The van der Waals surface area contributed by atoms with Crippen LogP contribution in [0.15, 0.2) is 27.9 Å². The number of hydrogen-bond acceptors (Lipinski definition) is 3. The van der Waals surface area contributed by atoms with E-state index in [0.717, 1.165) is 12.1 Å². The highest BCUT2D eigenvalue weighted by Crippen LogP contribution is 1.98. The van der Waals surface area contributed by atoms with Gasteiger partial charge < -0.3 is 4.42 Å². The SMILES string of the molecule is CC/C(C)=N\NC(=O)c1ccco1. The van der Waals surface area contributed by atoms with Crippen molar-refractivity contribution < 1.29 is 9.21 Å². The van der Waals surface area contributed by atoms with E-state index in [1.165, 1.54) is 6.26 Å². The zero-order valence-corrected chi connectivity index (χ0v) is 7.70. The summed E-state index contributed by atoms with van der Waals surface area (Å²) in [6.45, 7) is 3.82. The molecule has 0 bridgehead atoms. The zero-order valence-electron chi connectivity index (χ0n) is 7.70. The molecule has 0 aliphatic rings. The monoisotopic (exact) mass is 180 g/mol. The predicted octanol–water partition coefficient (Wildman–Crippen LogP) is 1.80. The van der Waals surface area contributed by atoms with Crippen LogP contribution in [0.2, 0.25) is 0 Å². The molecule has 1 aromatic rings. The minimum absolute atomic E-state index is 0.271. The second-order valence-electron chi connectivity index (χ2n) is 2.62. The predicted molar refractivity (Wildman–Crippen MR) is 49.6 cm³/mol. The van der Waals surface area contributed by atoms with E-state index >= 15 is 0 Å². The lowest BCUT2D eigenvalue weighted by atomic mass is 10.3. The Bertz CT molecular complexity index is 301.